The normalized spacial score (nSPS) is 27.0. The maximum atomic E-state index is 15.1. The SMILES string of the molecule is COc1ccc(C(OC[C@H]2O[C@@H](n3ccc(=O)[nH]c3=O)[C@H](OC)[C@@H]2O[P@@]2(=O)OCCCc3cn(c(=O)[nH]c3=O)[C@@H]3O[C@H](CO2)[C@@H](O)[C@H]3OC)(c2ccccc2)c2ccc(OC)cc2)cc1. The van der Waals surface area contributed by atoms with Crippen LogP contribution < -0.4 is 32.0 Å². The van der Waals surface area contributed by atoms with Gasteiger partial charge in [0.05, 0.1) is 34.0 Å². The van der Waals surface area contributed by atoms with Gasteiger partial charge in [0.1, 0.15) is 53.7 Å². The van der Waals surface area contributed by atoms with E-state index in [1.54, 1.807) is 38.5 Å². The van der Waals surface area contributed by atoms with E-state index in [0.29, 0.717) is 28.2 Å². The fraction of sp³-hybridized carbons (Fsp3) is 0.409. The third-order valence-electron chi connectivity index (χ3n) is 11.7. The molecule has 3 aromatic carbocycles. The van der Waals surface area contributed by atoms with E-state index >= 15 is 4.57 Å². The summed E-state index contributed by atoms with van der Waals surface area (Å²) in [5, 5.41) is 11.3. The van der Waals surface area contributed by atoms with Gasteiger partial charge in [0.2, 0.25) is 0 Å². The number of aliphatic hydroxyl groups excluding tert-OH is 1. The lowest BCUT2D eigenvalue weighted by Crippen LogP contribution is -2.42. The molecule has 346 valence electrons. The van der Waals surface area contributed by atoms with E-state index in [4.69, 9.17) is 46.7 Å². The lowest BCUT2D eigenvalue weighted by atomic mass is 9.80. The molecule has 5 heterocycles. The molecule has 0 unspecified atom stereocenters. The monoisotopic (exact) mass is 920 g/mol. The van der Waals surface area contributed by atoms with Crippen LogP contribution in [0.5, 0.6) is 11.5 Å². The summed E-state index contributed by atoms with van der Waals surface area (Å²) in [7, 11) is 1.01. The Balaban J connectivity index is 1.19. The van der Waals surface area contributed by atoms with Crippen molar-refractivity contribution in [1.29, 1.82) is 0 Å². The number of benzene rings is 3. The summed E-state index contributed by atoms with van der Waals surface area (Å²) in [5.74, 6) is 1.20. The van der Waals surface area contributed by atoms with Gasteiger partial charge in [0.25, 0.3) is 11.1 Å². The van der Waals surface area contributed by atoms with E-state index in [1.165, 1.54) is 26.6 Å². The lowest BCUT2D eigenvalue weighted by molar-refractivity contribution is -0.0976. The van der Waals surface area contributed by atoms with Crippen molar-refractivity contribution >= 4 is 7.82 Å². The number of H-pyrrole nitrogens is 2. The van der Waals surface area contributed by atoms with Crippen LogP contribution in [0.2, 0.25) is 0 Å². The first-order valence-corrected chi connectivity index (χ1v) is 22.1. The smallest absolute Gasteiger partial charge is 0.475 e. The van der Waals surface area contributed by atoms with Crippen molar-refractivity contribution in [3.8, 4) is 11.5 Å². The molecule has 20 nitrogen and oxygen atoms in total. The summed E-state index contributed by atoms with van der Waals surface area (Å²) in [5.41, 5.74) is -2.00. The number of methoxy groups -OCH3 is 4. The van der Waals surface area contributed by atoms with Crippen LogP contribution in [0.1, 0.15) is 41.1 Å². The number of phosphoric ester groups is 1. The van der Waals surface area contributed by atoms with Crippen LogP contribution in [0.25, 0.3) is 0 Å². The second-order valence-corrected chi connectivity index (χ2v) is 17.0. The summed E-state index contributed by atoms with van der Waals surface area (Å²) in [6, 6.07) is 25.2. The largest absolute Gasteiger partial charge is 0.497 e. The molecule has 5 aromatic rings. The summed E-state index contributed by atoms with van der Waals surface area (Å²) in [6.45, 7) is -1.17. The number of aromatic nitrogens is 4. The van der Waals surface area contributed by atoms with E-state index in [2.05, 4.69) is 9.97 Å². The minimum absolute atomic E-state index is 0.0607. The highest BCUT2D eigenvalue weighted by Gasteiger charge is 2.53. The molecule has 3 aliphatic heterocycles. The molecule has 2 fully saturated rings. The van der Waals surface area contributed by atoms with Crippen molar-refractivity contribution in [2.24, 2.45) is 0 Å². The molecule has 3 N–H and O–H groups in total. The molecule has 3 aliphatic rings. The molecule has 2 saturated heterocycles. The van der Waals surface area contributed by atoms with E-state index < -0.39 is 91.6 Å². The number of rotatable bonds is 13. The second kappa shape index (κ2) is 19.5. The summed E-state index contributed by atoms with van der Waals surface area (Å²) in [4.78, 5) is 55.8. The number of fused-ring (bicyclic) bond motifs is 5. The highest BCUT2D eigenvalue weighted by Crippen LogP contribution is 2.55. The Morgan fingerprint density at radius 1 is 0.738 bits per heavy atom. The summed E-state index contributed by atoms with van der Waals surface area (Å²) in [6.07, 6.45) is -7.35. The maximum Gasteiger partial charge on any atom is 0.475 e. The predicted octanol–water partition coefficient (Wildman–Crippen LogP) is 2.77. The number of hydrogen-bond donors (Lipinski definition) is 3. The first-order valence-electron chi connectivity index (χ1n) is 20.7. The topological polar surface area (TPSA) is 239 Å². The first kappa shape index (κ1) is 46.0. The number of aliphatic hydroxyl groups is 1. The Morgan fingerprint density at radius 3 is 1.97 bits per heavy atom. The standard InChI is InChI=1S/C44H49N4O16P/c1-55-30-16-12-28(13-17-30)44(27-10-6-5-7-11-27,29-14-18-31(56-2)19-15-29)59-24-33-36(38(58-4)41(63-33)47-21-20-34(49)45-42(47)52)64-65(54)60-22-8-9-26-23-48(43(53)46-39(26)51)40-37(57-3)35(50)32(62-40)25-61-65/h5-7,10-21,23,32-33,35-38,40-41,50H,8-9,22,24-25H2,1-4H3,(H,45,49,52)(H,46,51,53)/t32-,33-,35-,36-,37-,38-,40-,41-,65+/m1/s1. The van der Waals surface area contributed by atoms with Gasteiger partial charge in [-0.3, -0.25) is 42.3 Å². The minimum Gasteiger partial charge on any atom is -0.497 e. The zero-order chi connectivity index (χ0) is 45.9. The van der Waals surface area contributed by atoms with Crippen molar-refractivity contribution in [3.63, 3.8) is 0 Å². The van der Waals surface area contributed by atoms with Gasteiger partial charge >= 0.3 is 19.2 Å². The van der Waals surface area contributed by atoms with Crippen LogP contribution in [0.4, 0.5) is 0 Å². The van der Waals surface area contributed by atoms with Crippen LogP contribution >= 0.6 is 7.82 Å². The highest BCUT2D eigenvalue weighted by molar-refractivity contribution is 7.48. The van der Waals surface area contributed by atoms with Crippen LogP contribution in [0.15, 0.2) is 117 Å². The van der Waals surface area contributed by atoms with E-state index in [0.717, 1.165) is 15.2 Å². The molecule has 65 heavy (non-hydrogen) atoms. The van der Waals surface area contributed by atoms with Crippen LogP contribution in [0.3, 0.4) is 0 Å². The molecule has 8 rings (SSSR count). The number of aromatic amines is 2. The molecule has 0 saturated carbocycles. The van der Waals surface area contributed by atoms with Gasteiger partial charge in [-0.1, -0.05) is 54.6 Å². The fourth-order valence-corrected chi connectivity index (χ4v) is 9.87. The fourth-order valence-electron chi connectivity index (χ4n) is 8.43. The van der Waals surface area contributed by atoms with Gasteiger partial charge in [0, 0.05) is 38.2 Å². The lowest BCUT2D eigenvalue weighted by Gasteiger charge is -2.37. The van der Waals surface area contributed by atoms with Crippen molar-refractivity contribution in [2.75, 3.05) is 48.3 Å². The van der Waals surface area contributed by atoms with Gasteiger partial charge in [-0.15, -0.1) is 0 Å². The quantitative estimate of drug-likeness (QED) is 0.114. The molecular formula is C44H49N4O16P. The minimum atomic E-state index is -4.77. The number of aryl methyl sites for hydroxylation is 1. The molecule has 0 amide bonds. The van der Waals surface area contributed by atoms with Crippen molar-refractivity contribution < 1.29 is 56.4 Å². The third-order valence-corrected chi connectivity index (χ3v) is 13.2. The van der Waals surface area contributed by atoms with Crippen molar-refractivity contribution in [1.82, 2.24) is 19.1 Å². The predicted molar refractivity (Wildman–Crippen MR) is 229 cm³/mol. The van der Waals surface area contributed by atoms with Crippen LogP contribution in [0, 0.1) is 0 Å². The first-order chi connectivity index (χ1) is 31.4. The molecule has 2 aromatic heterocycles. The van der Waals surface area contributed by atoms with Gasteiger partial charge in [-0.05, 0) is 53.8 Å². The zero-order valence-electron chi connectivity index (χ0n) is 35.8. The number of hydrogen-bond acceptors (Lipinski definition) is 16. The molecule has 0 aliphatic carbocycles. The van der Waals surface area contributed by atoms with Crippen molar-refractivity contribution in [3.05, 3.63) is 161 Å². The molecule has 0 radical (unpaired) electrons. The molecule has 0 spiro atoms. The number of nitrogens with zero attached hydrogens (tertiary/aromatic N) is 2. The average molecular weight is 921 g/mol. The van der Waals surface area contributed by atoms with Crippen molar-refractivity contribution in [2.45, 2.75) is 67.5 Å². The Kier molecular flexibility index (Phi) is 13.8. The van der Waals surface area contributed by atoms with E-state index in [9.17, 15) is 24.3 Å². The van der Waals surface area contributed by atoms with E-state index in [1.807, 2.05) is 54.6 Å². The second-order valence-electron chi connectivity index (χ2n) is 15.4. The Morgan fingerprint density at radius 2 is 1.35 bits per heavy atom. The third kappa shape index (κ3) is 9.19. The number of phosphoric acid groups is 1. The van der Waals surface area contributed by atoms with E-state index in [-0.39, 0.29) is 31.6 Å². The molecular weight excluding hydrogens is 871 g/mol. The van der Waals surface area contributed by atoms with Gasteiger partial charge in [-0.2, -0.15) is 0 Å². The Bertz CT molecular complexity index is 2660. The molecule has 9 atom stereocenters. The number of ether oxygens (including phenoxy) is 7. The summed E-state index contributed by atoms with van der Waals surface area (Å²) < 4.78 is 77.8. The molecule has 4 bridgehead atoms. The van der Waals surface area contributed by atoms with Crippen LogP contribution in [-0.4, -0.2) is 109 Å². The number of nitrogens with one attached hydrogen (secondary N) is 2. The van der Waals surface area contributed by atoms with Gasteiger partial charge < -0.3 is 38.3 Å². The van der Waals surface area contributed by atoms with Crippen LogP contribution in [-0.2, 0) is 53.8 Å². The Labute approximate surface area is 371 Å². The summed E-state index contributed by atoms with van der Waals surface area (Å²) >= 11 is 0. The van der Waals surface area contributed by atoms with Gasteiger partial charge in [0.15, 0.2) is 12.5 Å². The Hall–Kier alpha value is -5.51. The molecule has 21 heteroatoms. The average Bonchev–Trinajstić information content (AvgIpc) is 3.83. The zero-order valence-corrected chi connectivity index (χ0v) is 36.7. The van der Waals surface area contributed by atoms with Gasteiger partial charge in [-0.25, -0.2) is 14.2 Å². The highest BCUT2D eigenvalue weighted by atomic mass is 31.2. The maximum absolute atomic E-state index is 15.1.